The molecule has 75 heavy (non-hydrogen) atoms. The lowest BCUT2D eigenvalue weighted by molar-refractivity contribution is 1.18. The molecular weight excluding hydrogens is 911 g/mol. The van der Waals surface area contributed by atoms with Crippen LogP contribution in [-0.4, -0.2) is 4.57 Å². The summed E-state index contributed by atoms with van der Waals surface area (Å²) < 4.78 is 2.38. The zero-order valence-corrected chi connectivity index (χ0v) is 40.4. The zero-order valence-electron chi connectivity index (χ0n) is 40.4. The highest BCUT2D eigenvalue weighted by Gasteiger charge is 2.21. The van der Waals surface area contributed by atoms with E-state index in [4.69, 9.17) is 6.57 Å². The first-order valence-corrected chi connectivity index (χ1v) is 24.6. The number of hydrogen-bond donors (Lipinski definition) is 0. The van der Waals surface area contributed by atoms with Gasteiger partial charge in [-0.3, -0.25) is 0 Å². The van der Waals surface area contributed by atoms with Crippen LogP contribution in [0.1, 0.15) is 16.7 Å². The maximum atomic E-state index is 10.3. The Kier molecular flexibility index (Phi) is 11.7. The van der Waals surface area contributed by atoms with Crippen LogP contribution in [0.3, 0.4) is 0 Å². The van der Waals surface area contributed by atoms with E-state index < -0.39 is 0 Å². The lowest BCUT2D eigenvalue weighted by Crippen LogP contribution is -1.98. The standard InChI is InChI=1S/C70H41N5/c1-74-67-29-15-13-26-62(67)57-38-53(37-56(40-57)60-24-10-7-21-51(60)45-73)48-32-34-70-66(42-48)65-41-47(52-35-54(58-22-8-5-19-49(58)43-71)39-55(36-52)59-23-9-6-20-50(59)44-72)31-33-69(65)75(70)68-30-16-14-28-64(68)63-27-12-11-25-61(63)46-17-3-2-4-18-46/h2-42H. The van der Waals surface area contributed by atoms with Gasteiger partial charge in [0.05, 0.1) is 58.2 Å². The fourth-order valence-electron chi connectivity index (χ4n) is 10.6. The number of hydrogen-bond acceptors (Lipinski definition) is 3. The Morgan fingerprint density at radius 2 is 0.667 bits per heavy atom. The molecule has 0 fully saturated rings. The molecule has 1 aromatic heterocycles. The summed E-state index contributed by atoms with van der Waals surface area (Å²) in [4.78, 5) is 3.91. The second-order valence-electron chi connectivity index (χ2n) is 18.4. The van der Waals surface area contributed by atoms with Crippen molar-refractivity contribution in [2.45, 2.75) is 0 Å². The van der Waals surface area contributed by atoms with E-state index in [2.05, 4.69) is 173 Å². The highest BCUT2D eigenvalue weighted by molar-refractivity contribution is 6.12. The van der Waals surface area contributed by atoms with Gasteiger partial charge in [0.15, 0.2) is 5.69 Å². The van der Waals surface area contributed by atoms with Crippen LogP contribution in [0, 0.1) is 40.6 Å². The molecule has 0 saturated heterocycles. The topological polar surface area (TPSA) is 80.7 Å². The predicted molar refractivity (Wildman–Crippen MR) is 305 cm³/mol. The van der Waals surface area contributed by atoms with Gasteiger partial charge in [-0.2, -0.15) is 15.8 Å². The SMILES string of the molecule is [C-]#[N+]c1ccccc1-c1cc(-c2ccc3c(c2)c2cc(-c4cc(-c5ccccc5C#N)cc(-c5ccccc5C#N)c4)ccc2n3-c2ccccc2-c2ccccc2-c2ccccc2)cc(-c2ccccc2C#N)c1. The van der Waals surface area contributed by atoms with E-state index in [1.165, 1.54) is 0 Å². The van der Waals surface area contributed by atoms with Crippen molar-refractivity contribution < 1.29 is 0 Å². The Bertz CT molecular complexity index is 4040. The van der Waals surface area contributed by atoms with Gasteiger partial charge in [0.2, 0.25) is 0 Å². The summed E-state index contributed by atoms with van der Waals surface area (Å²) in [7, 11) is 0. The lowest BCUT2D eigenvalue weighted by atomic mass is 9.90. The number of benzene rings is 11. The van der Waals surface area contributed by atoms with E-state index in [1.807, 2.05) is 103 Å². The number of nitrogens with zero attached hydrogens (tertiary/aromatic N) is 5. The molecule has 0 saturated carbocycles. The second kappa shape index (κ2) is 19.4. The van der Waals surface area contributed by atoms with Gasteiger partial charge in [0.1, 0.15) is 0 Å². The molecule has 0 aliphatic heterocycles. The third-order valence-corrected chi connectivity index (χ3v) is 14.2. The minimum Gasteiger partial charge on any atom is -0.309 e. The smallest absolute Gasteiger partial charge is 0.194 e. The molecule has 0 unspecified atom stereocenters. The number of rotatable bonds is 9. The van der Waals surface area contributed by atoms with E-state index in [-0.39, 0.29) is 0 Å². The molecule has 12 rings (SSSR count). The number of fused-ring (bicyclic) bond motifs is 3. The van der Waals surface area contributed by atoms with Gasteiger partial charge >= 0.3 is 0 Å². The zero-order chi connectivity index (χ0) is 50.8. The largest absolute Gasteiger partial charge is 0.309 e. The summed E-state index contributed by atoms with van der Waals surface area (Å²) in [5.41, 5.74) is 20.3. The van der Waals surface area contributed by atoms with Gasteiger partial charge in [-0.05, 0) is 168 Å². The van der Waals surface area contributed by atoms with Crippen molar-refractivity contribution in [3.05, 3.63) is 277 Å². The van der Waals surface area contributed by atoms with Gasteiger partial charge in [0, 0.05) is 16.3 Å². The molecule has 5 nitrogen and oxygen atoms in total. The molecule has 0 aliphatic rings. The van der Waals surface area contributed by atoms with Crippen LogP contribution in [-0.2, 0) is 0 Å². The molecular formula is C70H41N5. The van der Waals surface area contributed by atoms with Gasteiger partial charge in [-0.25, -0.2) is 4.85 Å². The van der Waals surface area contributed by atoms with Crippen molar-refractivity contribution in [3.8, 4) is 113 Å². The highest BCUT2D eigenvalue weighted by Crippen LogP contribution is 2.44. The van der Waals surface area contributed by atoms with E-state index in [9.17, 15) is 15.8 Å². The normalized spacial score (nSPS) is 10.9. The first-order valence-electron chi connectivity index (χ1n) is 24.6. The van der Waals surface area contributed by atoms with Crippen molar-refractivity contribution in [2.24, 2.45) is 0 Å². The highest BCUT2D eigenvalue weighted by atomic mass is 15.0. The number of nitriles is 3. The Balaban J connectivity index is 1.13. The summed E-state index contributed by atoms with van der Waals surface area (Å²) in [5, 5.41) is 32.9. The maximum Gasteiger partial charge on any atom is 0.194 e. The molecule has 0 spiro atoms. The van der Waals surface area contributed by atoms with Crippen LogP contribution in [0.15, 0.2) is 249 Å². The third kappa shape index (κ3) is 8.26. The molecule has 1 heterocycles. The Hall–Kier alpha value is -10.8. The average Bonchev–Trinajstić information content (AvgIpc) is 3.82. The van der Waals surface area contributed by atoms with Crippen LogP contribution in [0.5, 0.6) is 0 Å². The Morgan fingerprint density at radius 3 is 1.15 bits per heavy atom. The molecule has 0 bridgehead atoms. The fraction of sp³-hybridized carbons (Fsp3) is 0. The molecule has 0 amide bonds. The summed E-state index contributed by atoms with van der Waals surface area (Å²) >= 11 is 0. The molecule has 12 aromatic rings. The van der Waals surface area contributed by atoms with Gasteiger partial charge in [-0.1, -0.05) is 164 Å². The summed E-state index contributed by atoms with van der Waals surface area (Å²) in [6.45, 7) is 8.08. The van der Waals surface area contributed by atoms with Gasteiger partial charge in [0.25, 0.3) is 0 Å². The van der Waals surface area contributed by atoms with Crippen molar-refractivity contribution in [1.82, 2.24) is 4.57 Å². The number of para-hydroxylation sites is 2. The van der Waals surface area contributed by atoms with Crippen molar-refractivity contribution in [3.63, 3.8) is 0 Å². The summed E-state index contributed by atoms with van der Waals surface area (Å²) in [6.07, 6.45) is 0. The Labute approximate surface area is 435 Å². The monoisotopic (exact) mass is 951 g/mol. The van der Waals surface area contributed by atoms with Crippen molar-refractivity contribution >= 4 is 27.5 Å². The maximum absolute atomic E-state index is 10.3. The fourth-order valence-corrected chi connectivity index (χ4v) is 10.6. The van der Waals surface area contributed by atoms with Crippen molar-refractivity contribution in [1.29, 1.82) is 15.8 Å². The molecule has 0 aliphatic carbocycles. The molecule has 11 aromatic carbocycles. The molecule has 0 radical (unpaired) electrons. The quantitative estimate of drug-likeness (QED) is 0.135. The van der Waals surface area contributed by atoms with Gasteiger partial charge in [-0.15, -0.1) is 0 Å². The van der Waals surface area contributed by atoms with E-state index in [1.54, 1.807) is 0 Å². The lowest BCUT2D eigenvalue weighted by Gasteiger charge is -2.17. The van der Waals surface area contributed by atoms with Crippen LogP contribution in [0.2, 0.25) is 0 Å². The first-order chi connectivity index (χ1) is 37.0. The van der Waals surface area contributed by atoms with Crippen LogP contribution >= 0.6 is 0 Å². The number of aromatic nitrogens is 1. The third-order valence-electron chi connectivity index (χ3n) is 14.2. The van der Waals surface area contributed by atoms with Crippen LogP contribution in [0.25, 0.3) is 121 Å². The Morgan fingerprint density at radius 1 is 0.293 bits per heavy atom. The second-order valence-corrected chi connectivity index (χ2v) is 18.4. The van der Waals surface area contributed by atoms with Crippen LogP contribution in [0.4, 0.5) is 5.69 Å². The molecule has 5 heteroatoms. The van der Waals surface area contributed by atoms with Gasteiger partial charge < -0.3 is 4.57 Å². The molecule has 346 valence electrons. The molecule has 0 N–H and O–H groups in total. The van der Waals surface area contributed by atoms with Crippen molar-refractivity contribution in [2.75, 3.05) is 0 Å². The summed E-state index contributed by atoms with van der Waals surface area (Å²) in [5.74, 6) is 0. The predicted octanol–water partition coefficient (Wildman–Crippen LogP) is 18.3. The minimum absolute atomic E-state index is 0.548. The van der Waals surface area contributed by atoms with E-state index in [0.29, 0.717) is 22.4 Å². The van der Waals surface area contributed by atoms with E-state index >= 15 is 0 Å². The molecule has 0 atom stereocenters. The van der Waals surface area contributed by atoms with Crippen LogP contribution < -0.4 is 0 Å². The van der Waals surface area contributed by atoms with E-state index in [0.717, 1.165) is 117 Å². The average molecular weight is 952 g/mol. The summed E-state index contributed by atoms with van der Waals surface area (Å²) in [6, 6.07) is 91.5. The first kappa shape index (κ1) is 45.3. The minimum atomic E-state index is 0.548.